The molecule has 1 aliphatic heterocycles. The molecule has 1 unspecified atom stereocenters. The highest BCUT2D eigenvalue weighted by Gasteiger charge is 2.30. The minimum Gasteiger partial charge on any atom is -0.495 e. The number of sulfone groups is 1. The number of halogens is 1. The lowest BCUT2D eigenvalue weighted by Gasteiger charge is -2.25. The molecule has 27 heavy (non-hydrogen) atoms. The lowest BCUT2D eigenvalue weighted by atomic mass is 10.0. The summed E-state index contributed by atoms with van der Waals surface area (Å²) in [7, 11) is -2.13. The first-order chi connectivity index (χ1) is 12.8. The fraction of sp³-hybridized carbons (Fsp3) is 0.350. The first kappa shape index (κ1) is 19.4. The van der Waals surface area contributed by atoms with E-state index in [4.69, 9.17) is 4.74 Å². The summed E-state index contributed by atoms with van der Waals surface area (Å²) in [6.07, 6.45) is 3.47. The van der Waals surface area contributed by atoms with Crippen LogP contribution in [0.5, 0.6) is 5.75 Å². The van der Waals surface area contributed by atoms with Gasteiger partial charge in [-0.05, 0) is 55.2 Å². The van der Waals surface area contributed by atoms with Crippen LogP contribution in [0.25, 0.3) is 0 Å². The third-order valence-corrected chi connectivity index (χ3v) is 5.95. The van der Waals surface area contributed by atoms with Crippen LogP contribution >= 0.6 is 0 Å². The van der Waals surface area contributed by atoms with Crippen LogP contribution in [0.4, 0.5) is 4.39 Å². The molecule has 3 rings (SSSR count). The monoisotopic (exact) mass is 391 g/mol. The Kier molecular flexibility index (Phi) is 5.51. The lowest BCUT2D eigenvalue weighted by molar-refractivity contribution is 0.0736. The minimum atomic E-state index is -3.52. The third kappa shape index (κ3) is 4.30. The zero-order valence-electron chi connectivity index (χ0n) is 15.3. The van der Waals surface area contributed by atoms with Gasteiger partial charge in [-0.15, -0.1) is 0 Å². The van der Waals surface area contributed by atoms with Crippen LogP contribution in [0.1, 0.15) is 28.8 Å². The quantitative estimate of drug-likeness (QED) is 0.786. The number of hydrogen-bond donors (Lipinski definition) is 0. The van der Waals surface area contributed by atoms with Crippen molar-refractivity contribution in [2.75, 3.05) is 19.9 Å². The van der Waals surface area contributed by atoms with Gasteiger partial charge in [0.25, 0.3) is 5.91 Å². The number of ether oxygens (including phenoxy) is 1. The highest BCUT2D eigenvalue weighted by Crippen LogP contribution is 2.28. The van der Waals surface area contributed by atoms with Crippen LogP contribution in [-0.2, 0) is 16.3 Å². The van der Waals surface area contributed by atoms with Crippen molar-refractivity contribution >= 4 is 15.7 Å². The molecule has 2 aromatic rings. The van der Waals surface area contributed by atoms with E-state index in [0.29, 0.717) is 18.5 Å². The summed E-state index contributed by atoms with van der Waals surface area (Å²) in [5.74, 6) is -0.268. The third-order valence-electron chi connectivity index (χ3n) is 4.83. The molecule has 1 atom stereocenters. The molecule has 2 aromatic carbocycles. The van der Waals surface area contributed by atoms with Crippen LogP contribution < -0.4 is 4.74 Å². The number of hydrogen-bond acceptors (Lipinski definition) is 4. The van der Waals surface area contributed by atoms with Crippen molar-refractivity contribution in [1.29, 1.82) is 0 Å². The molecule has 144 valence electrons. The molecule has 7 heteroatoms. The zero-order valence-corrected chi connectivity index (χ0v) is 16.1. The molecular formula is C20H22FNO4S. The van der Waals surface area contributed by atoms with E-state index in [0.717, 1.165) is 24.7 Å². The van der Waals surface area contributed by atoms with Gasteiger partial charge in [-0.3, -0.25) is 4.79 Å². The molecule has 1 amide bonds. The second kappa shape index (κ2) is 7.68. The minimum absolute atomic E-state index is 0.00475. The molecule has 1 saturated heterocycles. The molecule has 0 spiro atoms. The number of likely N-dealkylation sites (tertiary alicyclic amines) is 1. The molecule has 1 heterocycles. The topological polar surface area (TPSA) is 63.7 Å². The Hall–Kier alpha value is -2.41. The van der Waals surface area contributed by atoms with Crippen LogP contribution in [0.2, 0.25) is 0 Å². The molecule has 0 N–H and O–H groups in total. The van der Waals surface area contributed by atoms with Crippen LogP contribution in [0.15, 0.2) is 47.4 Å². The van der Waals surface area contributed by atoms with Crippen molar-refractivity contribution in [2.45, 2.75) is 30.2 Å². The van der Waals surface area contributed by atoms with Crippen LogP contribution in [0.3, 0.4) is 0 Å². The Labute approximate surface area is 158 Å². The first-order valence-electron chi connectivity index (χ1n) is 8.73. The number of carbonyl (C=O) groups is 1. The average Bonchev–Trinajstić information content (AvgIpc) is 3.10. The van der Waals surface area contributed by atoms with Gasteiger partial charge >= 0.3 is 0 Å². The van der Waals surface area contributed by atoms with Gasteiger partial charge in [-0.1, -0.05) is 12.1 Å². The van der Waals surface area contributed by atoms with E-state index in [-0.39, 0.29) is 28.4 Å². The summed E-state index contributed by atoms with van der Waals surface area (Å²) in [6.45, 7) is 0.616. The van der Waals surface area contributed by atoms with Crippen molar-refractivity contribution in [1.82, 2.24) is 4.90 Å². The van der Waals surface area contributed by atoms with E-state index in [2.05, 4.69) is 0 Å². The first-order valence-corrected chi connectivity index (χ1v) is 10.6. The molecule has 1 fully saturated rings. The normalized spacial score (nSPS) is 17.1. The van der Waals surface area contributed by atoms with Gasteiger partial charge in [0.1, 0.15) is 16.5 Å². The summed E-state index contributed by atoms with van der Waals surface area (Å²) in [4.78, 5) is 14.8. The van der Waals surface area contributed by atoms with Gasteiger partial charge in [-0.2, -0.15) is 0 Å². The molecule has 0 bridgehead atoms. The molecule has 0 aromatic heterocycles. The molecule has 5 nitrogen and oxygen atoms in total. The van der Waals surface area contributed by atoms with E-state index in [1.807, 2.05) is 0 Å². The Bertz CT molecular complexity index is 941. The molecule has 0 aliphatic carbocycles. The van der Waals surface area contributed by atoms with Crippen molar-refractivity contribution in [3.05, 3.63) is 59.4 Å². The fourth-order valence-corrected chi connectivity index (χ4v) is 4.33. The van der Waals surface area contributed by atoms with E-state index < -0.39 is 9.84 Å². The van der Waals surface area contributed by atoms with Gasteiger partial charge in [0.05, 0.1) is 7.11 Å². The van der Waals surface area contributed by atoms with E-state index in [1.165, 1.54) is 31.4 Å². The largest absolute Gasteiger partial charge is 0.495 e. The lowest BCUT2D eigenvalue weighted by Crippen LogP contribution is -2.36. The fourth-order valence-electron chi connectivity index (χ4n) is 3.47. The number of rotatable bonds is 5. The number of amides is 1. The molecule has 1 aliphatic rings. The van der Waals surface area contributed by atoms with Gasteiger partial charge in [0.15, 0.2) is 9.84 Å². The van der Waals surface area contributed by atoms with E-state index in [1.54, 1.807) is 23.1 Å². The average molecular weight is 391 g/mol. The summed E-state index contributed by atoms with van der Waals surface area (Å²) < 4.78 is 42.2. The zero-order chi connectivity index (χ0) is 19.6. The summed E-state index contributed by atoms with van der Waals surface area (Å²) in [5, 5.41) is 0. The molecule has 0 radical (unpaired) electrons. The second-order valence-corrected chi connectivity index (χ2v) is 8.75. The maximum atomic E-state index is 13.1. The summed E-state index contributed by atoms with van der Waals surface area (Å²) in [5.41, 5.74) is 1.29. The standard InChI is InChI=1S/C20H22FNO4S/c1-26-18-10-7-15(13-19(18)27(2,24)25)20(23)22-11-3-4-17(22)12-14-5-8-16(21)9-6-14/h5-10,13,17H,3-4,11-12H2,1-2H3. The van der Waals surface area contributed by atoms with Gasteiger partial charge < -0.3 is 9.64 Å². The highest BCUT2D eigenvalue weighted by molar-refractivity contribution is 7.90. The van der Waals surface area contributed by atoms with Gasteiger partial charge in [0, 0.05) is 24.4 Å². The number of methoxy groups -OCH3 is 1. The smallest absolute Gasteiger partial charge is 0.254 e. The van der Waals surface area contributed by atoms with Crippen LogP contribution in [-0.4, -0.2) is 45.2 Å². The second-order valence-electron chi connectivity index (χ2n) is 6.76. The van der Waals surface area contributed by atoms with Crippen molar-refractivity contribution < 1.29 is 22.3 Å². The van der Waals surface area contributed by atoms with Crippen molar-refractivity contribution in [3.8, 4) is 5.75 Å². The Morgan fingerprint density at radius 2 is 1.93 bits per heavy atom. The molecule has 0 saturated carbocycles. The Morgan fingerprint density at radius 1 is 1.22 bits per heavy atom. The van der Waals surface area contributed by atoms with Gasteiger partial charge in [0.2, 0.25) is 0 Å². The molecular weight excluding hydrogens is 369 g/mol. The predicted molar refractivity (Wildman–Crippen MR) is 100 cm³/mol. The van der Waals surface area contributed by atoms with Crippen molar-refractivity contribution in [3.63, 3.8) is 0 Å². The summed E-state index contributed by atoms with van der Waals surface area (Å²) in [6, 6.07) is 10.8. The maximum absolute atomic E-state index is 13.1. The summed E-state index contributed by atoms with van der Waals surface area (Å²) >= 11 is 0. The SMILES string of the molecule is COc1ccc(C(=O)N2CCCC2Cc2ccc(F)cc2)cc1S(C)(=O)=O. The van der Waals surface area contributed by atoms with E-state index in [9.17, 15) is 17.6 Å². The number of nitrogens with zero attached hydrogens (tertiary/aromatic N) is 1. The van der Waals surface area contributed by atoms with Crippen molar-refractivity contribution in [2.24, 2.45) is 0 Å². The Morgan fingerprint density at radius 3 is 2.56 bits per heavy atom. The van der Waals surface area contributed by atoms with E-state index >= 15 is 0 Å². The highest BCUT2D eigenvalue weighted by atomic mass is 32.2. The number of carbonyl (C=O) groups excluding carboxylic acids is 1. The number of benzene rings is 2. The maximum Gasteiger partial charge on any atom is 0.254 e. The van der Waals surface area contributed by atoms with Crippen LogP contribution in [0, 0.1) is 5.82 Å². The van der Waals surface area contributed by atoms with Gasteiger partial charge in [-0.25, -0.2) is 12.8 Å². The predicted octanol–water partition coefficient (Wildman–Crippen LogP) is 3.09. The Balaban J connectivity index is 1.85.